The second kappa shape index (κ2) is 6.37. The fourth-order valence-corrected chi connectivity index (χ4v) is 3.57. The molecule has 1 aliphatic heterocycles. The number of nitrogens with zero attached hydrogens (tertiary/aromatic N) is 4. The second-order valence-corrected chi connectivity index (χ2v) is 6.92. The molecule has 4 heterocycles. The van der Waals surface area contributed by atoms with Crippen LogP contribution in [0.15, 0.2) is 39.6 Å². The van der Waals surface area contributed by atoms with Gasteiger partial charge in [-0.3, -0.25) is 0 Å². The number of aryl methyl sites for hydroxylation is 1. The Morgan fingerprint density at radius 1 is 1.12 bits per heavy atom. The minimum absolute atomic E-state index is 0.783. The lowest BCUT2D eigenvalue weighted by atomic mass is 10.1. The van der Waals surface area contributed by atoms with Crippen molar-refractivity contribution in [2.75, 3.05) is 38.1 Å². The number of thiophene rings is 1. The van der Waals surface area contributed by atoms with E-state index in [1.807, 2.05) is 25.3 Å². The third kappa shape index (κ3) is 2.95. The van der Waals surface area contributed by atoms with Gasteiger partial charge in [-0.25, -0.2) is 9.97 Å². The Morgan fingerprint density at radius 2 is 1.96 bits per heavy atom. The number of rotatable bonds is 3. The lowest BCUT2D eigenvalue weighted by molar-refractivity contribution is 0.311. The highest BCUT2D eigenvalue weighted by atomic mass is 32.1. The summed E-state index contributed by atoms with van der Waals surface area (Å²) < 4.78 is 5.85. The number of anilines is 1. The summed E-state index contributed by atoms with van der Waals surface area (Å²) in [5.41, 5.74) is 3.02. The van der Waals surface area contributed by atoms with Gasteiger partial charge >= 0.3 is 0 Å². The molecule has 0 amide bonds. The van der Waals surface area contributed by atoms with E-state index in [2.05, 4.69) is 38.7 Å². The average molecular weight is 340 g/mol. The van der Waals surface area contributed by atoms with Gasteiger partial charge in [0.2, 0.25) is 5.95 Å². The van der Waals surface area contributed by atoms with Gasteiger partial charge in [-0.2, -0.15) is 11.3 Å². The van der Waals surface area contributed by atoms with Gasteiger partial charge in [-0.15, -0.1) is 0 Å². The summed E-state index contributed by atoms with van der Waals surface area (Å²) in [6.07, 6.45) is 1.93. The second-order valence-electron chi connectivity index (χ2n) is 6.14. The Hall–Kier alpha value is -2.18. The van der Waals surface area contributed by atoms with Crippen LogP contribution in [-0.2, 0) is 0 Å². The van der Waals surface area contributed by atoms with E-state index < -0.39 is 0 Å². The smallest absolute Gasteiger partial charge is 0.226 e. The van der Waals surface area contributed by atoms with Crippen molar-refractivity contribution in [2.24, 2.45) is 0 Å². The van der Waals surface area contributed by atoms with Crippen LogP contribution in [0.5, 0.6) is 0 Å². The van der Waals surface area contributed by atoms with Crippen LogP contribution in [0.2, 0.25) is 0 Å². The van der Waals surface area contributed by atoms with E-state index in [9.17, 15) is 0 Å². The van der Waals surface area contributed by atoms with Crippen molar-refractivity contribution < 1.29 is 4.42 Å². The van der Waals surface area contributed by atoms with Gasteiger partial charge in [0.1, 0.15) is 11.5 Å². The highest BCUT2D eigenvalue weighted by Gasteiger charge is 2.20. The molecule has 24 heavy (non-hydrogen) atoms. The summed E-state index contributed by atoms with van der Waals surface area (Å²) >= 11 is 1.67. The summed E-state index contributed by atoms with van der Waals surface area (Å²) in [6.45, 7) is 5.92. The molecule has 0 aromatic carbocycles. The minimum Gasteiger partial charge on any atom is -0.460 e. The molecule has 0 radical (unpaired) electrons. The van der Waals surface area contributed by atoms with E-state index in [1.54, 1.807) is 11.3 Å². The summed E-state index contributed by atoms with van der Waals surface area (Å²) in [5.74, 6) is 2.47. The fourth-order valence-electron chi connectivity index (χ4n) is 2.91. The van der Waals surface area contributed by atoms with Crippen LogP contribution in [0.4, 0.5) is 5.95 Å². The molecule has 0 N–H and O–H groups in total. The number of likely N-dealkylation sites (N-methyl/N-ethyl adjacent to an activating group) is 1. The predicted octanol–water partition coefficient (Wildman–Crippen LogP) is 3.53. The first-order valence-corrected chi connectivity index (χ1v) is 9.05. The Morgan fingerprint density at radius 3 is 2.62 bits per heavy atom. The molecule has 1 saturated heterocycles. The summed E-state index contributed by atoms with van der Waals surface area (Å²) in [5, 5.41) is 4.19. The van der Waals surface area contributed by atoms with Crippen LogP contribution in [0.25, 0.3) is 22.6 Å². The van der Waals surface area contributed by atoms with Crippen LogP contribution < -0.4 is 4.90 Å². The summed E-state index contributed by atoms with van der Waals surface area (Å²) in [7, 11) is 2.15. The number of furan rings is 1. The zero-order valence-corrected chi connectivity index (χ0v) is 14.7. The lowest BCUT2D eigenvalue weighted by Gasteiger charge is -2.32. The average Bonchev–Trinajstić information content (AvgIpc) is 3.27. The molecule has 124 valence electrons. The predicted molar refractivity (Wildman–Crippen MR) is 97.5 cm³/mol. The third-order valence-electron chi connectivity index (χ3n) is 4.37. The summed E-state index contributed by atoms with van der Waals surface area (Å²) in [4.78, 5) is 14.1. The van der Waals surface area contributed by atoms with E-state index >= 15 is 0 Å². The van der Waals surface area contributed by atoms with Crippen molar-refractivity contribution in [3.05, 3.63) is 40.9 Å². The molecule has 0 unspecified atom stereocenters. The van der Waals surface area contributed by atoms with Crippen molar-refractivity contribution in [1.29, 1.82) is 0 Å². The standard InChI is InChI=1S/C18H20N4OS/c1-13-3-4-16(23-13)17-15(14-5-10-24-12-14)11-19-18(20-17)22-8-6-21(2)7-9-22/h3-5,10-12H,6-9H2,1-2H3. The van der Waals surface area contributed by atoms with Crippen LogP contribution >= 0.6 is 11.3 Å². The van der Waals surface area contributed by atoms with Crippen LogP contribution in [0.3, 0.4) is 0 Å². The fraction of sp³-hybridized carbons (Fsp3) is 0.333. The Labute approximate surface area is 145 Å². The maximum Gasteiger partial charge on any atom is 0.226 e. The van der Waals surface area contributed by atoms with Crippen LogP contribution in [0, 0.1) is 6.92 Å². The molecule has 4 rings (SSSR count). The molecule has 3 aromatic rings. The zero-order valence-electron chi connectivity index (χ0n) is 13.9. The minimum atomic E-state index is 0.783. The molecule has 3 aromatic heterocycles. The van der Waals surface area contributed by atoms with Crippen LogP contribution in [0.1, 0.15) is 5.76 Å². The zero-order chi connectivity index (χ0) is 16.5. The van der Waals surface area contributed by atoms with Crippen LogP contribution in [-0.4, -0.2) is 48.1 Å². The van der Waals surface area contributed by atoms with E-state index in [-0.39, 0.29) is 0 Å². The molecule has 0 spiro atoms. The Kier molecular flexibility index (Phi) is 4.08. The summed E-state index contributed by atoms with van der Waals surface area (Å²) in [6, 6.07) is 6.06. The topological polar surface area (TPSA) is 45.4 Å². The maximum atomic E-state index is 5.85. The van der Waals surface area contributed by atoms with Gasteiger partial charge in [0.05, 0.1) is 0 Å². The molecule has 0 atom stereocenters. The third-order valence-corrected chi connectivity index (χ3v) is 5.05. The molecule has 1 fully saturated rings. The normalized spacial score (nSPS) is 15.8. The molecule has 6 heteroatoms. The van der Waals surface area contributed by atoms with E-state index in [4.69, 9.17) is 9.40 Å². The van der Waals surface area contributed by atoms with Crippen molar-refractivity contribution in [3.63, 3.8) is 0 Å². The van der Waals surface area contributed by atoms with Gasteiger partial charge < -0.3 is 14.2 Å². The number of hydrogen-bond acceptors (Lipinski definition) is 6. The van der Waals surface area contributed by atoms with E-state index in [1.165, 1.54) is 0 Å². The highest BCUT2D eigenvalue weighted by molar-refractivity contribution is 7.08. The van der Waals surface area contributed by atoms with E-state index in [0.29, 0.717) is 0 Å². The first-order valence-electron chi connectivity index (χ1n) is 8.10. The first-order chi connectivity index (χ1) is 11.7. The van der Waals surface area contributed by atoms with Gasteiger partial charge in [0.15, 0.2) is 5.76 Å². The Balaban J connectivity index is 1.76. The molecular formula is C18H20N4OS. The van der Waals surface area contributed by atoms with Gasteiger partial charge in [0, 0.05) is 37.9 Å². The number of aromatic nitrogens is 2. The lowest BCUT2D eigenvalue weighted by Crippen LogP contribution is -2.45. The van der Waals surface area contributed by atoms with Crippen molar-refractivity contribution in [3.8, 4) is 22.6 Å². The molecule has 0 bridgehead atoms. The largest absolute Gasteiger partial charge is 0.460 e. The molecular weight excluding hydrogens is 320 g/mol. The van der Waals surface area contributed by atoms with Gasteiger partial charge in [-0.05, 0) is 48.5 Å². The number of hydrogen-bond donors (Lipinski definition) is 0. The highest BCUT2D eigenvalue weighted by Crippen LogP contribution is 2.33. The molecule has 1 aliphatic rings. The molecule has 0 saturated carbocycles. The SMILES string of the molecule is Cc1ccc(-c2nc(N3CCN(C)CC3)ncc2-c2ccsc2)o1. The first kappa shape index (κ1) is 15.4. The number of piperazine rings is 1. The van der Waals surface area contributed by atoms with Crippen molar-refractivity contribution >= 4 is 17.3 Å². The van der Waals surface area contributed by atoms with Gasteiger partial charge in [-0.1, -0.05) is 0 Å². The Bertz CT molecular complexity index is 819. The van der Waals surface area contributed by atoms with Crippen molar-refractivity contribution in [2.45, 2.75) is 6.92 Å². The van der Waals surface area contributed by atoms with Crippen molar-refractivity contribution in [1.82, 2.24) is 14.9 Å². The van der Waals surface area contributed by atoms with E-state index in [0.717, 1.165) is 60.5 Å². The molecule has 0 aliphatic carbocycles. The monoisotopic (exact) mass is 340 g/mol. The maximum absolute atomic E-state index is 5.85. The quantitative estimate of drug-likeness (QED) is 0.730. The molecule has 5 nitrogen and oxygen atoms in total. The van der Waals surface area contributed by atoms with Gasteiger partial charge in [0.25, 0.3) is 0 Å².